The topological polar surface area (TPSA) is 91.6 Å². The van der Waals surface area contributed by atoms with E-state index in [-0.39, 0.29) is 22.7 Å². The van der Waals surface area contributed by atoms with Gasteiger partial charge in [0.1, 0.15) is 17.1 Å². The van der Waals surface area contributed by atoms with Crippen molar-refractivity contribution in [3.05, 3.63) is 64.4 Å². The van der Waals surface area contributed by atoms with Crippen LogP contribution in [0, 0.1) is 0 Å². The SMILES string of the molecule is CCCCn1c(=O)c(C(=O)Nc2ccccc2O)c(O)c2ccccc21. The molecule has 3 rings (SSSR count). The Morgan fingerprint density at radius 3 is 2.50 bits per heavy atom. The third kappa shape index (κ3) is 3.13. The molecule has 26 heavy (non-hydrogen) atoms. The van der Waals surface area contributed by atoms with Gasteiger partial charge in [-0.3, -0.25) is 9.59 Å². The molecule has 3 aromatic rings. The van der Waals surface area contributed by atoms with Crippen LogP contribution in [0.4, 0.5) is 5.69 Å². The molecule has 0 fully saturated rings. The lowest BCUT2D eigenvalue weighted by Crippen LogP contribution is -2.30. The number of hydrogen-bond acceptors (Lipinski definition) is 4. The number of hydrogen-bond donors (Lipinski definition) is 3. The zero-order chi connectivity index (χ0) is 18.7. The van der Waals surface area contributed by atoms with E-state index in [0.717, 1.165) is 12.8 Å². The van der Waals surface area contributed by atoms with Gasteiger partial charge in [-0.05, 0) is 30.7 Å². The third-order valence-electron chi connectivity index (χ3n) is 4.26. The van der Waals surface area contributed by atoms with Gasteiger partial charge in [-0.1, -0.05) is 37.6 Å². The average molecular weight is 352 g/mol. The number of carbonyl (C=O) groups excluding carboxylic acids is 1. The number of pyridine rings is 1. The van der Waals surface area contributed by atoms with Crippen LogP contribution in [0.5, 0.6) is 11.5 Å². The fourth-order valence-electron chi connectivity index (χ4n) is 2.90. The first-order chi connectivity index (χ1) is 12.5. The van der Waals surface area contributed by atoms with Gasteiger partial charge in [0.25, 0.3) is 11.5 Å². The third-order valence-corrected chi connectivity index (χ3v) is 4.26. The summed E-state index contributed by atoms with van der Waals surface area (Å²) in [4.78, 5) is 25.6. The zero-order valence-corrected chi connectivity index (χ0v) is 14.4. The lowest BCUT2D eigenvalue weighted by Gasteiger charge is -2.15. The Balaban J connectivity index is 2.14. The van der Waals surface area contributed by atoms with Crippen molar-refractivity contribution < 1.29 is 15.0 Å². The van der Waals surface area contributed by atoms with E-state index in [9.17, 15) is 19.8 Å². The molecule has 0 saturated heterocycles. The summed E-state index contributed by atoms with van der Waals surface area (Å²) in [7, 11) is 0. The lowest BCUT2D eigenvalue weighted by atomic mass is 10.1. The van der Waals surface area contributed by atoms with Gasteiger partial charge in [0.05, 0.1) is 11.2 Å². The Hall–Kier alpha value is -3.28. The van der Waals surface area contributed by atoms with E-state index in [1.807, 2.05) is 6.92 Å². The summed E-state index contributed by atoms with van der Waals surface area (Å²) in [5.41, 5.74) is -0.127. The molecule has 0 saturated carbocycles. The summed E-state index contributed by atoms with van der Waals surface area (Å²) in [6, 6.07) is 13.1. The molecular weight excluding hydrogens is 332 g/mol. The van der Waals surface area contributed by atoms with E-state index in [2.05, 4.69) is 5.32 Å². The van der Waals surface area contributed by atoms with Gasteiger partial charge in [-0.25, -0.2) is 0 Å². The monoisotopic (exact) mass is 352 g/mol. The highest BCUT2D eigenvalue weighted by molar-refractivity contribution is 6.09. The smallest absolute Gasteiger partial charge is 0.267 e. The zero-order valence-electron chi connectivity index (χ0n) is 14.4. The van der Waals surface area contributed by atoms with Crippen LogP contribution in [0.1, 0.15) is 30.1 Å². The highest BCUT2D eigenvalue weighted by atomic mass is 16.3. The van der Waals surface area contributed by atoms with E-state index in [4.69, 9.17) is 0 Å². The van der Waals surface area contributed by atoms with E-state index in [1.54, 1.807) is 36.4 Å². The van der Waals surface area contributed by atoms with Crippen LogP contribution in [-0.4, -0.2) is 20.7 Å². The molecule has 0 atom stereocenters. The van der Waals surface area contributed by atoms with Crippen LogP contribution in [0.15, 0.2) is 53.3 Å². The normalized spacial score (nSPS) is 10.8. The first-order valence-electron chi connectivity index (χ1n) is 8.48. The molecule has 0 spiro atoms. The molecule has 0 aliphatic rings. The minimum atomic E-state index is -0.759. The molecule has 1 heterocycles. The number of para-hydroxylation sites is 3. The molecule has 0 aliphatic heterocycles. The van der Waals surface area contributed by atoms with Crippen molar-refractivity contribution in [2.45, 2.75) is 26.3 Å². The van der Waals surface area contributed by atoms with E-state index in [0.29, 0.717) is 17.4 Å². The molecule has 3 N–H and O–H groups in total. The van der Waals surface area contributed by atoms with Crippen molar-refractivity contribution in [2.24, 2.45) is 0 Å². The molecule has 0 radical (unpaired) electrons. The summed E-state index contributed by atoms with van der Waals surface area (Å²) in [6.45, 7) is 2.46. The number of aromatic hydroxyl groups is 2. The number of amides is 1. The van der Waals surface area contributed by atoms with Gasteiger partial charge in [-0.15, -0.1) is 0 Å². The predicted octanol–water partition coefficient (Wildman–Crippen LogP) is 3.47. The first kappa shape index (κ1) is 17.5. The highest BCUT2D eigenvalue weighted by Crippen LogP contribution is 2.28. The van der Waals surface area contributed by atoms with Crippen molar-refractivity contribution in [1.29, 1.82) is 0 Å². The largest absolute Gasteiger partial charge is 0.506 e. The van der Waals surface area contributed by atoms with Gasteiger partial charge in [0, 0.05) is 11.9 Å². The molecule has 0 bridgehead atoms. The van der Waals surface area contributed by atoms with Crippen LogP contribution in [-0.2, 0) is 6.54 Å². The number of aromatic nitrogens is 1. The maximum Gasteiger partial charge on any atom is 0.267 e. The molecule has 134 valence electrons. The van der Waals surface area contributed by atoms with Crippen LogP contribution in [0.3, 0.4) is 0 Å². The summed E-state index contributed by atoms with van der Waals surface area (Å²) in [5, 5.41) is 23.3. The second-order valence-electron chi connectivity index (χ2n) is 6.02. The Labute approximate surface area is 150 Å². The lowest BCUT2D eigenvalue weighted by molar-refractivity contribution is 0.102. The van der Waals surface area contributed by atoms with Crippen molar-refractivity contribution in [3.63, 3.8) is 0 Å². The molecule has 6 heteroatoms. The number of benzene rings is 2. The second kappa shape index (κ2) is 7.31. The molecule has 2 aromatic carbocycles. The number of aryl methyl sites for hydroxylation is 1. The number of nitrogens with zero attached hydrogens (tertiary/aromatic N) is 1. The minimum absolute atomic E-state index is 0.118. The van der Waals surface area contributed by atoms with Crippen LogP contribution in [0.25, 0.3) is 10.9 Å². The van der Waals surface area contributed by atoms with Crippen molar-refractivity contribution in [2.75, 3.05) is 5.32 Å². The first-order valence-corrected chi connectivity index (χ1v) is 8.48. The molecule has 1 amide bonds. The Bertz CT molecular complexity index is 1020. The number of phenolic OH excluding ortho intramolecular Hbond substituents is 1. The molecule has 6 nitrogen and oxygen atoms in total. The van der Waals surface area contributed by atoms with Gasteiger partial charge < -0.3 is 20.1 Å². The second-order valence-corrected chi connectivity index (χ2v) is 6.02. The number of phenols is 1. The van der Waals surface area contributed by atoms with Crippen LogP contribution in [0.2, 0.25) is 0 Å². The van der Waals surface area contributed by atoms with Crippen LogP contribution >= 0.6 is 0 Å². The summed E-state index contributed by atoms with van der Waals surface area (Å²) >= 11 is 0. The fourth-order valence-corrected chi connectivity index (χ4v) is 2.90. The molecule has 0 unspecified atom stereocenters. The average Bonchev–Trinajstić information content (AvgIpc) is 2.64. The molecule has 0 aliphatic carbocycles. The standard InChI is InChI=1S/C20H20N2O4/c1-2-3-12-22-15-10-6-4-8-13(15)18(24)17(20(22)26)19(25)21-14-9-5-7-11-16(14)23/h4-11,23-24H,2-3,12H2,1H3,(H,21,25). The molecule has 1 aromatic heterocycles. The number of unbranched alkanes of at least 4 members (excludes halogenated alkanes) is 1. The minimum Gasteiger partial charge on any atom is -0.506 e. The number of anilines is 1. The maximum absolute atomic E-state index is 12.9. The summed E-state index contributed by atoms with van der Waals surface area (Å²) < 4.78 is 1.51. The fraction of sp³-hybridized carbons (Fsp3) is 0.200. The molecular formula is C20H20N2O4. The quantitative estimate of drug-likeness (QED) is 0.613. The maximum atomic E-state index is 12.9. The van der Waals surface area contributed by atoms with Crippen LogP contribution < -0.4 is 10.9 Å². The van der Waals surface area contributed by atoms with Gasteiger partial charge >= 0.3 is 0 Å². The van der Waals surface area contributed by atoms with E-state index < -0.39 is 11.5 Å². The van der Waals surface area contributed by atoms with Crippen molar-refractivity contribution in [1.82, 2.24) is 4.57 Å². The van der Waals surface area contributed by atoms with Crippen molar-refractivity contribution >= 4 is 22.5 Å². The summed E-state index contributed by atoms with van der Waals surface area (Å²) in [5.74, 6) is -1.23. The van der Waals surface area contributed by atoms with Gasteiger partial charge in [0.2, 0.25) is 0 Å². The van der Waals surface area contributed by atoms with Crippen molar-refractivity contribution in [3.8, 4) is 11.5 Å². The van der Waals surface area contributed by atoms with E-state index >= 15 is 0 Å². The number of carbonyl (C=O) groups is 1. The summed E-state index contributed by atoms with van der Waals surface area (Å²) in [6.07, 6.45) is 1.66. The van der Waals surface area contributed by atoms with E-state index in [1.165, 1.54) is 16.7 Å². The number of fused-ring (bicyclic) bond motifs is 1. The highest BCUT2D eigenvalue weighted by Gasteiger charge is 2.22. The Morgan fingerprint density at radius 2 is 1.77 bits per heavy atom. The number of rotatable bonds is 5. The van der Waals surface area contributed by atoms with Gasteiger partial charge in [-0.2, -0.15) is 0 Å². The predicted molar refractivity (Wildman–Crippen MR) is 101 cm³/mol. The Kier molecular flexibility index (Phi) is 4.93. The number of nitrogens with one attached hydrogen (secondary N) is 1. The Morgan fingerprint density at radius 1 is 1.08 bits per heavy atom. The van der Waals surface area contributed by atoms with Gasteiger partial charge in [0.15, 0.2) is 0 Å².